The SMILES string of the molecule is CCC(Sc1ncnc2scc(-c3ccc(Cl)cc3)c12)C(=O)Nc1nnc(C(C)C)s1. The number of nitrogens with one attached hydrogen (secondary N) is 1. The maximum atomic E-state index is 12.9. The van der Waals surface area contributed by atoms with Crippen LogP contribution < -0.4 is 5.32 Å². The fourth-order valence-electron chi connectivity index (χ4n) is 2.94. The van der Waals surface area contributed by atoms with E-state index in [1.807, 2.05) is 31.2 Å². The number of fused-ring (bicyclic) bond motifs is 1. The van der Waals surface area contributed by atoms with Crippen LogP contribution in [0.4, 0.5) is 5.13 Å². The van der Waals surface area contributed by atoms with Crippen LogP contribution in [0.15, 0.2) is 41.0 Å². The molecule has 3 aromatic heterocycles. The Kier molecular flexibility index (Phi) is 6.86. The second-order valence-corrected chi connectivity index (χ2v) is 10.6. The summed E-state index contributed by atoms with van der Waals surface area (Å²) in [7, 11) is 0. The molecule has 0 aliphatic rings. The molecule has 160 valence electrons. The standard InChI is InChI=1S/C21H20ClN5OS3/c1-4-15(17(28)25-21-27-26-18(31-21)11(2)3)30-20-16-14(9-29-19(16)23-10-24-20)12-5-7-13(22)8-6-12/h5-11,15H,4H2,1-3H3,(H,25,27,28). The Morgan fingerprint density at radius 3 is 2.65 bits per heavy atom. The predicted octanol–water partition coefficient (Wildman–Crippen LogP) is 6.50. The number of thiophene rings is 1. The predicted molar refractivity (Wildman–Crippen MR) is 130 cm³/mol. The first kappa shape index (κ1) is 22.1. The third-order valence-corrected chi connectivity index (χ3v) is 8.21. The summed E-state index contributed by atoms with van der Waals surface area (Å²) in [6, 6.07) is 7.70. The molecule has 3 heterocycles. The number of hydrogen-bond donors (Lipinski definition) is 1. The quantitative estimate of drug-likeness (QED) is 0.236. The summed E-state index contributed by atoms with van der Waals surface area (Å²) in [6.07, 6.45) is 2.20. The Morgan fingerprint density at radius 2 is 1.97 bits per heavy atom. The summed E-state index contributed by atoms with van der Waals surface area (Å²) in [4.78, 5) is 22.8. The van der Waals surface area contributed by atoms with Crippen molar-refractivity contribution < 1.29 is 4.79 Å². The summed E-state index contributed by atoms with van der Waals surface area (Å²) in [6.45, 7) is 6.09. The van der Waals surface area contributed by atoms with Crippen molar-refractivity contribution in [3.05, 3.63) is 46.0 Å². The third kappa shape index (κ3) is 4.90. The van der Waals surface area contributed by atoms with Gasteiger partial charge in [-0.05, 0) is 24.1 Å². The van der Waals surface area contributed by atoms with E-state index >= 15 is 0 Å². The Bertz CT molecular complexity index is 1210. The molecule has 0 aliphatic heterocycles. The normalized spacial score (nSPS) is 12.4. The van der Waals surface area contributed by atoms with Gasteiger partial charge in [-0.2, -0.15) is 0 Å². The van der Waals surface area contributed by atoms with Gasteiger partial charge in [0.1, 0.15) is 21.2 Å². The fourth-order valence-corrected chi connectivity index (χ4v) is 5.83. The van der Waals surface area contributed by atoms with Gasteiger partial charge in [-0.3, -0.25) is 10.1 Å². The molecule has 1 aromatic carbocycles. The Balaban J connectivity index is 1.60. The number of aromatic nitrogens is 4. The second-order valence-electron chi connectivity index (χ2n) is 7.12. The summed E-state index contributed by atoms with van der Waals surface area (Å²) in [5.41, 5.74) is 2.08. The van der Waals surface area contributed by atoms with Gasteiger partial charge in [0.25, 0.3) is 0 Å². The number of rotatable bonds is 7. The highest BCUT2D eigenvalue weighted by Gasteiger charge is 2.23. The monoisotopic (exact) mass is 489 g/mol. The molecule has 0 saturated carbocycles. The number of anilines is 1. The average molecular weight is 490 g/mol. The van der Waals surface area contributed by atoms with Crippen LogP contribution >= 0.6 is 46.0 Å². The minimum atomic E-state index is -0.317. The maximum Gasteiger partial charge on any atom is 0.239 e. The van der Waals surface area contributed by atoms with Gasteiger partial charge >= 0.3 is 0 Å². The number of hydrogen-bond acceptors (Lipinski definition) is 8. The average Bonchev–Trinajstić information content (AvgIpc) is 3.40. The van der Waals surface area contributed by atoms with Gasteiger partial charge in [0.05, 0.1) is 10.6 Å². The number of halogens is 1. The van der Waals surface area contributed by atoms with E-state index in [2.05, 4.69) is 44.7 Å². The molecule has 10 heteroatoms. The van der Waals surface area contributed by atoms with Crippen LogP contribution in [0.1, 0.15) is 38.1 Å². The number of carbonyl (C=O) groups is 1. The molecule has 0 bridgehead atoms. The van der Waals surface area contributed by atoms with Crippen molar-refractivity contribution in [2.75, 3.05) is 5.32 Å². The molecule has 1 atom stereocenters. The van der Waals surface area contributed by atoms with Gasteiger partial charge < -0.3 is 0 Å². The minimum Gasteiger partial charge on any atom is -0.300 e. The van der Waals surface area contributed by atoms with Gasteiger partial charge in [0.2, 0.25) is 11.0 Å². The highest BCUT2D eigenvalue weighted by Crippen LogP contribution is 2.40. The molecular formula is C21H20ClN5OS3. The molecule has 0 saturated heterocycles. The first-order chi connectivity index (χ1) is 15.0. The van der Waals surface area contributed by atoms with E-state index in [1.54, 1.807) is 17.7 Å². The van der Waals surface area contributed by atoms with E-state index in [-0.39, 0.29) is 17.1 Å². The van der Waals surface area contributed by atoms with Crippen molar-refractivity contribution in [1.29, 1.82) is 0 Å². The van der Waals surface area contributed by atoms with Crippen LogP contribution in [0.25, 0.3) is 21.3 Å². The summed E-state index contributed by atoms with van der Waals surface area (Å²) in [5, 5.41) is 16.8. The lowest BCUT2D eigenvalue weighted by atomic mass is 10.1. The van der Waals surface area contributed by atoms with E-state index in [4.69, 9.17) is 11.6 Å². The van der Waals surface area contributed by atoms with E-state index < -0.39 is 0 Å². The van der Waals surface area contributed by atoms with Crippen molar-refractivity contribution in [2.45, 2.75) is 43.4 Å². The van der Waals surface area contributed by atoms with Crippen molar-refractivity contribution in [3.8, 4) is 11.1 Å². The van der Waals surface area contributed by atoms with Crippen LogP contribution in [0.2, 0.25) is 5.02 Å². The molecule has 1 unspecified atom stereocenters. The van der Waals surface area contributed by atoms with Crippen LogP contribution in [0, 0.1) is 0 Å². The van der Waals surface area contributed by atoms with E-state index in [0.717, 1.165) is 31.4 Å². The second kappa shape index (κ2) is 9.60. The van der Waals surface area contributed by atoms with Crippen LogP contribution in [0.3, 0.4) is 0 Å². The topological polar surface area (TPSA) is 80.7 Å². The lowest BCUT2D eigenvalue weighted by Crippen LogP contribution is -2.24. The summed E-state index contributed by atoms with van der Waals surface area (Å²) in [5.74, 6) is 0.174. The minimum absolute atomic E-state index is 0.103. The van der Waals surface area contributed by atoms with Crippen molar-refractivity contribution >= 4 is 67.3 Å². The van der Waals surface area contributed by atoms with Gasteiger partial charge in [-0.15, -0.1) is 21.5 Å². The summed E-state index contributed by atoms with van der Waals surface area (Å²) < 4.78 is 0. The van der Waals surface area contributed by atoms with Gasteiger partial charge in [-0.1, -0.05) is 67.6 Å². The molecule has 0 radical (unpaired) electrons. The Morgan fingerprint density at radius 1 is 1.19 bits per heavy atom. The molecule has 1 amide bonds. The zero-order chi connectivity index (χ0) is 22.0. The number of carbonyl (C=O) groups excluding carboxylic acids is 1. The fraction of sp³-hybridized carbons (Fsp3) is 0.286. The van der Waals surface area contributed by atoms with Crippen molar-refractivity contribution in [1.82, 2.24) is 20.2 Å². The van der Waals surface area contributed by atoms with E-state index in [1.165, 1.54) is 23.1 Å². The zero-order valence-electron chi connectivity index (χ0n) is 17.1. The number of nitrogens with zero attached hydrogens (tertiary/aromatic N) is 4. The smallest absolute Gasteiger partial charge is 0.239 e. The lowest BCUT2D eigenvalue weighted by Gasteiger charge is -2.14. The van der Waals surface area contributed by atoms with Crippen LogP contribution in [0.5, 0.6) is 0 Å². The molecule has 4 rings (SSSR count). The maximum absolute atomic E-state index is 12.9. The molecule has 0 aliphatic carbocycles. The molecule has 6 nitrogen and oxygen atoms in total. The van der Waals surface area contributed by atoms with Gasteiger partial charge in [0.15, 0.2) is 0 Å². The largest absolute Gasteiger partial charge is 0.300 e. The molecule has 0 spiro atoms. The van der Waals surface area contributed by atoms with E-state index in [0.29, 0.717) is 16.6 Å². The lowest BCUT2D eigenvalue weighted by molar-refractivity contribution is -0.115. The van der Waals surface area contributed by atoms with Gasteiger partial charge in [-0.25, -0.2) is 9.97 Å². The third-order valence-electron chi connectivity index (χ3n) is 4.57. The molecular weight excluding hydrogens is 470 g/mol. The first-order valence-corrected chi connectivity index (χ1v) is 12.7. The Hall–Kier alpha value is -2.07. The Labute approximate surface area is 197 Å². The van der Waals surface area contributed by atoms with Crippen molar-refractivity contribution in [3.63, 3.8) is 0 Å². The van der Waals surface area contributed by atoms with Crippen molar-refractivity contribution in [2.24, 2.45) is 0 Å². The van der Waals surface area contributed by atoms with Crippen LogP contribution in [-0.2, 0) is 4.79 Å². The molecule has 31 heavy (non-hydrogen) atoms. The number of amides is 1. The number of thioether (sulfide) groups is 1. The molecule has 1 N–H and O–H groups in total. The van der Waals surface area contributed by atoms with Gasteiger partial charge in [0, 0.05) is 21.9 Å². The van der Waals surface area contributed by atoms with Crippen LogP contribution in [-0.4, -0.2) is 31.3 Å². The zero-order valence-corrected chi connectivity index (χ0v) is 20.3. The van der Waals surface area contributed by atoms with E-state index in [9.17, 15) is 4.79 Å². The summed E-state index contributed by atoms with van der Waals surface area (Å²) >= 11 is 10.5. The highest BCUT2D eigenvalue weighted by molar-refractivity contribution is 8.00. The number of benzene rings is 1. The molecule has 0 fully saturated rings. The first-order valence-electron chi connectivity index (χ1n) is 9.75. The highest BCUT2D eigenvalue weighted by atomic mass is 35.5. The molecule has 4 aromatic rings.